The van der Waals surface area contributed by atoms with Gasteiger partial charge >= 0.3 is 6.09 Å². The third-order valence-corrected chi connectivity index (χ3v) is 1.79. The van der Waals surface area contributed by atoms with Crippen LogP contribution in [0.15, 0.2) is 0 Å². The van der Waals surface area contributed by atoms with Crippen molar-refractivity contribution in [3.05, 3.63) is 0 Å². The number of hydrogen-bond acceptors (Lipinski definition) is 4. The summed E-state index contributed by atoms with van der Waals surface area (Å²) in [6.45, 7) is 5.90. The zero-order valence-electron chi connectivity index (χ0n) is 9.86. The van der Waals surface area contributed by atoms with Gasteiger partial charge in [-0.3, -0.25) is 0 Å². The molecule has 5 nitrogen and oxygen atoms in total. The van der Waals surface area contributed by atoms with E-state index in [9.17, 15) is 4.79 Å². The number of hydrogen-bond donors (Lipinski definition) is 1. The van der Waals surface area contributed by atoms with E-state index in [4.69, 9.17) is 15.2 Å². The molecule has 0 aromatic heterocycles. The van der Waals surface area contributed by atoms with Gasteiger partial charge in [-0.15, -0.1) is 0 Å². The second kappa shape index (κ2) is 8.49. The molecule has 0 atom stereocenters. The summed E-state index contributed by atoms with van der Waals surface area (Å²) in [7, 11) is 1.61. The molecule has 0 unspecified atom stereocenters. The van der Waals surface area contributed by atoms with E-state index < -0.39 is 0 Å². The van der Waals surface area contributed by atoms with E-state index >= 15 is 0 Å². The minimum Gasteiger partial charge on any atom is -0.447 e. The summed E-state index contributed by atoms with van der Waals surface area (Å²) in [5.74, 6) is 0. The highest BCUT2D eigenvalue weighted by Gasteiger charge is 2.15. The maximum absolute atomic E-state index is 11.6. The van der Waals surface area contributed by atoms with Crippen molar-refractivity contribution < 1.29 is 14.3 Å². The standard InChI is InChI=1S/C10H22N2O3/c1-9(2)15-10(13)12(6-4-5-11)7-8-14-3/h9H,4-8,11H2,1-3H3. The molecular weight excluding hydrogens is 196 g/mol. The van der Waals surface area contributed by atoms with Crippen LogP contribution in [-0.2, 0) is 9.47 Å². The number of nitrogens with two attached hydrogens (primary N) is 1. The molecule has 0 bridgehead atoms. The molecule has 0 radical (unpaired) electrons. The van der Waals surface area contributed by atoms with Gasteiger partial charge in [-0.05, 0) is 26.8 Å². The summed E-state index contributed by atoms with van der Waals surface area (Å²) in [6, 6.07) is 0. The van der Waals surface area contributed by atoms with Gasteiger partial charge in [0.15, 0.2) is 0 Å². The van der Waals surface area contributed by atoms with Crippen LogP contribution < -0.4 is 5.73 Å². The molecule has 0 aromatic carbocycles. The fraction of sp³-hybridized carbons (Fsp3) is 0.900. The summed E-state index contributed by atoms with van der Waals surface area (Å²) in [5.41, 5.74) is 5.40. The molecule has 0 rings (SSSR count). The van der Waals surface area contributed by atoms with Crippen molar-refractivity contribution in [2.24, 2.45) is 5.73 Å². The fourth-order valence-corrected chi connectivity index (χ4v) is 1.05. The van der Waals surface area contributed by atoms with Gasteiger partial charge in [-0.1, -0.05) is 0 Å². The van der Waals surface area contributed by atoms with Crippen molar-refractivity contribution in [1.82, 2.24) is 4.90 Å². The van der Waals surface area contributed by atoms with Crippen LogP contribution in [0.2, 0.25) is 0 Å². The highest BCUT2D eigenvalue weighted by Crippen LogP contribution is 1.99. The Labute approximate surface area is 91.5 Å². The Morgan fingerprint density at radius 1 is 1.40 bits per heavy atom. The topological polar surface area (TPSA) is 64.8 Å². The molecular formula is C10H22N2O3. The van der Waals surface area contributed by atoms with Crippen LogP contribution in [0.25, 0.3) is 0 Å². The molecule has 0 aliphatic heterocycles. The average Bonchev–Trinajstić information content (AvgIpc) is 2.17. The molecule has 0 saturated carbocycles. The molecule has 0 aromatic rings. The molecule has 90 valence electrons. The zero-order chi connectivity index (χ0) is 11.7. The monoisotopic (exact) mass is 218 g/mol. The molecule has 0 fully saturated rings. The minimum atomic E-state index is -0.296. The van der Waals surface area contributed by atoms with Crippen LogP contribution >= 0.6 is 0 Å². The van der Waals surface area contributed by atoms with Crippen molar-refractivity contribution in [3.8, 4) is 0 Å². The van der Waals surface area contributed by atoms with Gasteiger partial charge < -0.3 is 20.1 Å². The molecule has 0 aliphatic rings. The third-order valence-electron chi connectivity index (χ3n) is 1.79. The van der Waals surface area contributed by atoms with Gasteiger partial charge in [0.25, 0.3) is 0 Å². The van der Waals surface area contributed by atoms with Crippen LogP contribution in [0.1, 0.15) is 20.3 Å². The second-order valence-electron chi connectivity index (χ2n) is 3.55. The van der Waals surface area contributed by atoms with E-state index in [1.807, 2.05) is 13.8 Å². The van der Waals surface area contributed by atoms with Crippen molar-refractivity contribution >= 4 is 6.09 Å². The van der Waals surface area contributed by atoms with Crippen LogP contribution in [-0.4, -0.2) is 50.4 Å². The van der Waals surface area contributed by atoms with E-state index in [0.717, 1.165) is 6.42 Å². The van der Waals surface area contributed by atoms with Crippen LogP contribution in [0.3, 0.4) is 0 Å². The average molecular weight is 218 g/mol. The van der Waals surface area contributed by atoms with Gasteiger partial charge in [0.2, 0.25) is 0 Å². The number of carbonyl (C=O) groups excluding carboxylic acids is 1. The first kappa shape index (κ1) is 14.2. The van der Waals surface area contributed by atoms with Crippen LogP contribution in [0, 0.1) is 0 Å². The van der Waals surface area contributed by atoms with Crippen LogP contribution in [0.4, 0.5) is 4.79 Å². The molecule has 2 N–H and O–H groups in total. The predicted molar refractivity (Wildman–Crippen MR) is 58.7 cm³/mol. The Hall–Kier alpha value is -0.810. The van der Waals surface area contributed by atoms with E-state index in [1.54, 1.807) is 12.0 Å². The molecule has 0 spiro atoms. The highest BCUT2D eigenvalue weighted by molar-refractivity contribution is 5.67. The van der Waals surface area contributed by atoms with Gasteiger partial charge in [-0.25, -0.2) is 4.79 Å². The van der Waals surface area contributed by atoms with Crippen molar-refractivity contribution in [1.29, 1.82) is 0 Å². The van der Waals surface area contributed by atoms with Crippen molar-refractivity contribution in [2.75, 3.05) is 33.4 Å². The summed E-state index contributed by atoms with van der Waals surface area (Å²) in [6.07, 6.45) is 0.382. The van der Waals surface area contributed by atoms with Gasteiger partial charge in [0, 0.05) is 20.2 Å². The summed E-state index contributed by atoms with van der Waals surface area (Å²) < 4.78 is 10.0. The lowest BCUT2D eigenvalue weighted by atomic mass is 10.4. The minimum absolute atomic E-state index is 0.0968. The summed E-state index contributed by atoms with van der Waals surface area (Å²) in [4.78, 5) is 13.2. The van der Waals surface area contributed by atoms with Gasteiger partial charge in [0.05, 0.1) is 12.7 Å². The first-order valence-corrected chi connectivity index (χ1v) is 5.26. The Morgan fingerprint density at radius 3 is 2.53 bits per heavy atom. The number of carbonyl (C=O) groups is 1. The Kier molecular flexibility index (Phi) is 8.04. The fourth-order valence-electron chi connectivity index (χ4n) is 1.05. The lowest BCUT2D eigenvalue weighted by molar-refractivity contribution is 0.0663. The Balaban J connectivity index is 4.01. The summed E-state index contributed by atoms with van der Waals surface area (Å²) >= 11 is 0. The molecule has 1 amide bonds. The van der Waals surface area contributed by atoms with E-state index in [-0.39, 0.29) is 12.2 Å². The van der Waals surface area contributed by atoms with Gasteiger partial charge in [0.1, 0.15) is 0 Å². The van der Waals surface area contributed by atoms with Crippen molar-refractivity contribution in [2.45, 2.75) is 26.4 Å². The first-order chi connectivity index (χ1) is 7.11. The molecule has 0 aliphatic carbocycles. The maximum Gasteiger partial charge on any atom is 0.410 e. The number of ether oxygens (including phenoxy) is 2. The van der Waals surface area contributed by atoms with Gasteiger partial charge in [-0.2, -0.15) is 0 Å². The number of nitrogens with zero attached hydrogens (tertiary/aromatic N) is 1. The molecule has 0 saturated heterocycles. The van der Waals surface area contributed by atoms with E-state index in [1.165, 1.54) is 0 Å². The second-order valence-corrected chi connectivity index (χ2v) is 3.55. The van der Waals surface area contributed by atoms with Crippen molar-refractivity contribution in [3.63, 3.8) is 0 Å². The molecule has 0 heterocycles. The first-order valence-electron chi connectivity index (χ1n) is 5.26. The Bertz CT molecular complexity index is 166. The zero-order valence-corrected chi connectivity index (χ0v) is 9.86. The molecule has 15 heavy (non-hydrogen) atoms. The SMILES string of the molecule is COCCN(CCCN)C(=O)OC(C)C. The largest absolute Gasteiger partial charge is 0.447 e. The number of rotatable bonds is 7. The van der Waals surface area contributed by atoms with E-state index in [0.29, 0.717) is 26.2 Å². The van der Waals surface area contributed by atoms with E-state index in [2.05, 4.69) is 0 Å². The normalized spacial score (nSPS) is 10.5. The quantitative estimate of drug-likeness (QED) is 0.687. The van der Waals surface area contributed by atoms with Crippen LogP contribution in [0.5, 0.6) is 0 Å². The maximum atomic E-state index is 11.6. The Morgan fingerprint density at radius 2 is 2.07 bits per heavy atom. The lowest BCUT2D eigenvalue weighted by Gasteiger charge is -2.22. The lowest BCUT2D eigenvalue weighted by Crippen LogP contribution is -2.37. The molecule has 5 heteroatoms. The summed E-state index contributed by atoms with van der Waals surface area (Å²) in [5, 5.41) is 0. The smallest absolute Gasteiger partial charge is 0.410 e. The highest BCUT2D eigenvalue weighted by atomic mass is 16.6. The predicted octanol–water partition coefficient (Wildman–Crippen LogP) is 0.829. The number of amides is 1. The third kappa shape index (κ3) is 7.16. The number of methoxy groups -OCH3 is 1.